The van der Waals surface area contributed by atoms with Gasteiger partial charge in [0, 0.05) is 6.61 Å². The molecule has 2 aliphatic rings. The number of carbonyl (C=O) groups is 1. The topological polar surface area (TPSA) is 82.3 Å². The molecule has 1 N–H and O–H groups in total. The summed E-state index contributed by atoms with van der Waals surface area (Å²) >= 11 is 0. The molecule has 1 aromatic carbocycles. The summed E-state index contributed by atoms with van der Waals surface area (Å²) in [6, 6.07) is 7.70. The maximum atomic E-state index is 14.1. The largest absolute Gasteiger partial charge is 0.358 e. The van der Waals surface area contributed by atoms with Crippen molar-refractivity contribution in [1.29, 1.82) is 0 Å². The van der Waals surface area contributed by atoms with E-state index in [-0.39, 0.29) is 6.04 Å². The first kappa shape index (κ1) is 18.6. The van der Waals surface area contributed by atoms with E-state index in [9.17, 15) is 18.8 Å². The first-order valence-corrected chi connectivity index (χ1v) is 9.55. The van der Waals surface area contributed by atoms with Crippen molar-refractivity contribution in [1.82, 2.24) is 14.5 Å². The Balaban J connectivity index is 1.57. The Bertz CT molecular complexity index is 1010. The van der Waals surface area contributed by atoms with Gasteiger partial charge in [0.1, 0.15) is 12.8 Å². The summed E-state index contributed by atoms with van der Waals surface area (Å²) in [5.41, 5.74) is 0.393. The van der Waals surface area contributed by atoms with E-state index in [1.165, 1.54) is 5.56 Å². The molecule has 1 aliphatic carbocycles. The number of carbonyl (C=O) groups excluding carboxylic acids is 1. The van der Waals surface area contributed by atoms with Crippen LogP contribution in [0.5, 0.6) is 0 Å². The molecule has 7 nitrogen and oxygen atoms in total. The van der Waals surface area contributed by atoms with Crippen LogP contribution in [0.4, 0.5) is 4.39 Å². The van der Waals surface area contributed by atoms with Gasteiger partial charge < -0.3 is 10.1 Å². The molecule has 8 heteroatoms. The molecule has 0 spiro atoms. The van der Waals surface area contributed by atoms with E-state index in [1.807, 2.05) is 24.3 Å². The van der Waals surface area contributed by atoms with Crippen molar-refractivity contribution in [2.24, 2.45) is 0 Å². The van der Waals surface area contributed by atoms with Crippen molar-refractivity contribution < 1.29 is 13.9 Å². The van der Waals surface area contributed by atoms with E-state index in [4.69, 9.17) is 4.74 Å². The number of ether oxygens (including phenoxy) is 1. The Kier molecular flexibility index (Phi) is 5.13. The van der Waals surface area contributed by atoms with E-state index in [2.05, 4.69) is 5.32 Å². The third-order valence-electron chi connectivity index (χ3n) is 5.38. The summed E-state index contributed by atoms with van der Waals surface area (Å²) in [7, 11) is 0. The van der Waals surface area contributed by atoms with Gasteiger partial charge in [-0.15, -0.1) is 0 Å². The SMILES string of the molecule is O=C(Cn1c(=O)c(F)cn([C@H]2CCCO2)c1=O)N[C@H]1CCCc2ccccc21. The van der Waals surface area contributed by atoms with E-state index in [0.717, 1.165) is 42.0 Å². The lowest BCUT2D eigenvalue weighted by Gasteiger charge is -2.26. The maximum Gasteiger partial charge on any atom is 0.333 e. The summed E-state index contributed by atoms with van der Waals surface area (Å²) < 4.78 is 21.2. The third kappa shape index (κ3) is 3.52. The monoisotopic (exact) mass is 387 g/mol. The van der Waals surface area contributed by atoms with E-state index in [1.54, 1.807) is 0 Å². The van der Waals surface area contributed by atoms with Crippen LogP contribution >= 0.6 is 0 Å². The van der Waals surface area contributed by atoms with Gasteiger partial charge in [-0.2, -0.15) is 4.39 Å². The Morgan fingerprint density at radius 3 is 2.82 bits per heavy atom. The second-order valence-electron chi connectivity index (χ2n) is 7.24. The molecule has 1 aromatic heterocycles. The van der Waals surface area contributed by atoms with E-state index < -0.39 is 35.7 Å². The minimum absolute atomic E-state index is 0.179. The van der Waals surface area contributed by atoms with Crippen molar-refractivity contribution in [3.63, 3.8) is 0 Å². The molecule has 1 amide bonds. The number of rotatable bonds is 4. The molecular weight excluding hydrogens is 365 g/mol. The summed E-state index contributed by atoms with van der Waals surface area (Å²) in [5.74, 6) is -1.57. The van der Waals surface area contributed by atoms with Crippen molar-refractivity contribution in [2.75, 3.05) is 6.61 Å². The zero-order valence-electron chi connectivity index (χ0n) is 15.4. The molecular formula is C20H22FN3O4. The van der Waals surface area contributed by atoms with Crippen molar-refractivity contribution in [2.45, 2.75) is 50.9 Å². The van der Waals surface area contributed by atoms with Crippen LogP contribution < -0.4 is 16.6 Å². The number of benzene rings is 1. The average Bonchev–Trinajstić information content (AvgIpc) is 3.23. The van der Waals surface area contributed by atoms with Gasteiger partial charge in [0.2, 0.25) is 11.7 Å². The van der Waals surface area contributed by atoms with Crippen LogP contribution in [0.1, 0.15) is 49.1 Å². The number of nitrogens with one attached hydrogen (secondary N) is 1. The zero-order valence-corrected chi connectivity index (χ0v) is 15.4. The highest BCUT2D eigenvalue weighted by Crippen LogP contribution is 2.29. The van der Waals surface area contributed by atoms with Crippen LogP contribution in [-0.2, 0) is 22.5 Å². The standard InChI is InChI=1S/C20H22FN3O4/c21-15-11-23(18-9-4-10-28-18)20(27)24(19(15)26)12-17(25)22-16-8-3-6-13-5-1-2-7-14(13)16/h1-2,5,7,11,16,18H,3-4,6,8-10,12H2,(H,22,25)/t16-,18+/m0/s1. The lowest BCUT2D eigenvalue weighted by molar-refractivity contribution is -0.122. The van der Waals surface area contributed by atoms with Crippen molar-refractivity contribution in [3.05, 3.63) is 68.2 Å². The molecule has 0 saturated carbocycles. The van der Waals surface area contributed by atoms with E-state index >= 15 is 0 Å². The molecule has 1 saturated heterocycles. The van der Waals surface area contributed by atoms with Gasteiger partial charge in [0.05, 0.1) is 12.2 Å². The Morgan fingerprint density at radius 2 is 2.04 bits per heavy atom. The van der Waals surface area contributed by atoms with E-state index in [0.29, 0.717) is 17.6 Å². The second kappa shape index (κ2) is 7.71. The minimum atomic E-state index is -1.10. The number of nitrogens with zero attached hydrogens (tertiary/aromatic N) is 2. The number of hydrogen-bond donors (Lipinski definition) is 1. The minimum Gasteiger partial charge on any atom is -0.358 e. The number of aromatic nitrogens is 2. The molecule has 2 heterocycles. The number of aryl methyl sites for hydroxylation is 1. The van der Waals surface area contributed by atoms with Crippen LogP contribution in [0, 0.1) is 5.82 Å². The van der Waals surface area contributed by atoms with Gasteiger partial charge in [-0.25, -0.2) is 9.36 Å². The molecule has 1 aliphatic heterocycles. The van der Waals surface area contributed by atoms with Gasteiger partial charge in [0.15, 0.2) is 0 Å². The highest BCUT2D eigenvalue weighted by molar-refractivity contribution is 5.76. The first-order valence-electron chi connectivity index (χ1n) is 9.55. The van der Waals surface area contributed by atoms with Crippen LogP contribution in [0.3, 0.4) is 0 Å². The second-order valence-corrected chi connectivity index (χ2v) is 7.24. The molecule has 2 aromatic rings. The van der Waals surface area contributed by atoms with Gasteiger partial charge >= 0.3 is 5.69 Å². The van der Waals surface area contributed by atoms with Gasteiger partial charge in [-0.1, -0.05) is 24.3 Å². The summed E-state index contributed by atoms with van der Waals surface area (Å²) in [6.45, 7) is -0.0553. The Labute approximate surface area is 160 Å². The van der Waals surface area contributed by atoms with Crippen LogP contribution in [0.15, 0.2) is 40.1 Å². The molecule has 148 valence electrons. The van der Waals surface area contributed by atoms with Crippen molar-refractivity contribution in [3.8, 4) is 0 Å². The number of hydrogen-bond acceptors (Lipinski definition) is 4. The fourth-order valence-electron chi connectivity index (χ4n) is 4.00. The number of fused-ring (bicyclic) bond motifs is 1. The van der Waals surface area contributed by atoms with Crippen LogP contribution in [-0.4, -0.2) is 21.6 Å². The Hall–Kier alpha value is -2.74. The molecule has 0 bridgehead atoms. The first-order chi connectivity index (χ1) is 13.5. The van der Waals surface area contributed by atoms with Crippen LogP contribution in [0.2, 0.25) is 0 Å². The molecule has 0 unspecified atom stereocenters. The van der Waals surface area contributed by atoms with Gasteiger partial charge in [0.25, 0.3) is 5.56 Å². The molecule has 4 rings (SSSR count). The summed E-state index contributed by atoms with van der Waals surface area (Å²) in [6.07, 6.45) is 4.24. The quantitative estimate of drug-likeness (QED) is 0.865. The number of halogens is 1. The normalized spacial score (nSPS) is 21.3. The maximum absolute atomic E-state index is 14.1. The smallest absolute Gasteiger partial charge is 0.333 e. The molecule has 1 fully saturated rings. The highest BCUT2D eigenvalue weighted by atomic mass is 19.1. The summed E-state index contributed by atoms with van der Waals surface area (Å²) in [4.78, 5) is 37.4. The third-order valence-corrected chi connectivity index (χ3v) is 5.38. The molecule has 2 atom stereocenters. The molecule has 0 radical (unpaired) electrons. The molecule has 28 heavy (non-hydrogen) atoms. The fourth-order valence-corrected chi connectivity index (χ4v) is 4.00. The lowest BCUT2D eigenvalue weighted by Crippen LogP contribution is -2.46. The zero-order chi connectivity index (χ0) is 19.7. The van der Waals surface area contributed by atoms with Crippen LogP contribution in [0.25, 0.3) is 0 Å². The lowest BCUT2D eigenvalue weighted by atomic mass is 9.88. The summed E-state index contributed by atoms with van der Waals surface area (Å²) in [5, 5.41) is 2.89. The van der Waals surface area contributed by atoms with Gasteiger partial charge in [-0.3, -0.25) is 14.2 Å². The predicted molar refractivity (Wildman–Crippen MR) is 99.4 cm³/mol. The van der Waals surface area contributed by atoms with Gasteiger partial charge in [-0.05, 0) is 43.2 Å². The number of amides is 1. The van der Waals surface area contributed by atoms with Crippen molar-refractivity contribution >= 4 is 5.91 Å². The predicted octanol–water partition coefficient (Wildman–Crippen LogP) is 1.65. The fraction of sp³-hybridized carbons (Fsp3) is 0.450. The average molecular weight is 387 g/mol. The highest BCUT2D eigenvalue weighted by Gasteiger charge is 2.25. The Morgan fingerprint density at radius 1 is 1.21 bits per heavy atom.